The van der Waals surface area contributed by atoms with Crippen LogP contribution in [0.5, 0.6) is 0 Å². The summed E-state index contributed by atoms with van der Waals surface area (Å²) < 4.78 is 7.11. The maximum Gasteiger partial charge on any atom is 0.340 e. The first-order valence-electron chi connectivity index (χ1n) is 10.5. The summed E-state index contributed by atoms with van der Waals surface area (Å²) in [6.07, 6.45) is 0. The van der Waals surface area contributed by atoms with Gasteiger partial charge < -0.3 is 19.2 Å². The molecule has 2 heterocycles. The fraction of sp³-hybridized carbons (Fsp3) is 0.391. The Labute approximate surface area is 192 Å². The summed E-state index contributed by atoms with van der Waals surface area (Å²) in [7, 11) is 4.00. The predicted octanol–water partition coefficient (Wildman–Crippen LogP) is 4.13. The largest absolute Gasteiger partial charge is 0.462 e. The summed E-state index contributed by atoms with van der Waals surface area (Å²) in [5.41, 5.74) is 4.19. The van der Waals surface area contributed by atoms with Gasteiger partial charge in [0, 0.05) is 37.6 Å². The Morgan fingerprint density at radius 1 is 1.12 bits per heavy atom. The normalized spacial score (nSPS) is 10.9. The van der Waals surface area contributed by atoms with Gasteiger partial charge in [0.2, 0.25) is 0 Å². The summed E-state index contributed by atoms with van der Waals surface area (Å²) in [4.78, 5) is 30.2. The van der Waals surface area contributed by atoms with E-state index in [-0.39, 0.29) is 18.1 Å². The lowest BCUT2D eigenvalue weighted by Gasteiger charge is -2.13. The Hall–Kier alpha value is -3.07. The van der Waals surface area contributed by atoms with E-state index in [0.29, 0.717) is 34.2 Å². The van der Waals surface area contributed by atoms with Gasteiger partial charge in [0.25, 0.3) is 0 Å². The van der Waals surface area contributed by atoms with Crippen molar-refractivity contribution < 1.29 is 14.3 Å². The number of hydrogen-bond donors (Lipinski definition) is 1. The number of aromatic amines is 1. The van der Waals surface area contributed by atoms with Crippen LogP contribution in [0.4, 0.5) is 5.69 Å². The van der Waals surface area contributed by atoms with Crippen molar-refractivity contribution in [3.63, 3.8) is 0 Å². The molecule has 32 heavy (non-hydrogen) atoms. The Morgan fingerprint density at radius 3 is 2.41 bits per heavy atom. The van der Waals surface area contributed by atoms with Crippen molar-refractivity contribution in [2.45, 2.75) is 39.4 Å². The maximum absolute atomic E-state index is 12.9. The van der Waals surface area contributed by atoms with Crippen LogP contribution in [0.1, 0.15) is 46.0 Å². The van der Waals surface area contributed by atoms with Crippen molar-refractivity contribution in [1.29, 1.82) is 0 Å². The summed E-state index contributed by atoms with van der Waals surface area (Å²) in [5.74, 6) is 0.430. The molecule has 0 aliphatic heterocycles. The van der Waals surface area contributed by atoms with Crippen molar-refractivity contribution in [2.24, 2.45) is 0 Å². The zero-order valence-corrected chi connectivity index (χ0v) is 20.2. The molecule has 0 unspecified atom stereocenters. The van der Waals surface area contributed by atoms with E-state index in [1.54, 1.807) is 20.8 Å². The van der Waals surface area contributed by atoms with Crippen LogP contribution in [0.2, 0.25) is 0 Å². The van der Waals surface area contributed by atoms with E-state index in [4.69, 9.17) is 4.74 Å². The zero-order chi connectivity index (χ0) is 23.4. The van der Waals surface area contributed by atoms with E-state index in [9.17, 15) is 9.59 Å². The number of Topliss-reactive ketones (excluding diaryl/α,β-unsaturated/α-hetero) is 1. The summed E-state index contributed by atoms with van der Waals surface area (Å²) >= 11 is 1.34. The molecule has 170 valence electrons. The van der Waals surface area contributed by atoms with Gasteiger partial charge in [-0.25, -0.2) is 4.79 Å². The van der Waals surface area contributed by atoms with Gasteiger partial charge in [0.1, 0.15) is 0 Å². The molecular formula is C23H29N5O3S. The van der Waals surface area contributed by atoms with Crippen LogP contribution in [-0.4, -0.2) is 58.0 Å². The molecule has 0 aliphatic carbocycles. The maximum atomic E-state index is 12.9. The predicted molar refractivity (Wildman–Crippen MR) is 127 cm³/mol. The Kier molecular flexibility index (Phi) is 7.40. The molecule has 0 spiro atoms. The third-order valence-corrected chi connectivity index (χ3v) is 6.17. The molecule has 0 fully saturated rings. The molecule has 3 aromatic rings. The van der Waals surface area contributed by atoms with Crippen LogP contribution in [0, 0.1) is 13.8 Å². The first kappa shape index (κ1) is 23.6. The van der Waals surface area contributed by atoms with E-state index < -0.39 is 5.97 Å². The number of ketones is 1. The van der Waals surface area contributed by atoms with Gasteiger partial charge >= 0.3 is 5.97 Å². The minimum Gasteiger partial charge on any atom is -0.462 e. The van der Waals surface area contributed by atoms with Crippen LogP contribution in [0.3, 0.4) is 0 Å². The number of anilines is 1. The number of benzene rings is 1. The number of H-pyrrole nitrogens is 1. The molecule has 0 saturated carbocycles. The minimum atomic E-state index is -0.416. The highest BCUT2D eigenvalue weighted by molar-refractivity contribution is 7.99. The van der Waals surface area contributed by atoms with Gasteiger partial charge in [-0.1, -0.05) is 11.8 Å². The Bertz CT molecular complexity index is 1120. The molecule has 1 N–H and O–H groups in total. The topological polar surface area (TPSA) is 93.1 Å². The van der Waals surface area contributed by atoms with Crippen LogP contribution in [-0.2, 0) is 11.3 Å². The average Bonchev–Trinajstić information content (AvgIpc) is 3.32. The molecule has 2 aromatic heterocycles. The zero-order valence-electron chi connectivity index (χ0n) is 19.4. The molecule has 3 rings (SSSR count). The van der Waals surface area contributed by atoms with Gasteiger partial charge in [-0.15, -0.1) is 10.2 Å². The molecule has 0 aliphatic rings. The number of esters is 1. The Balaban J connectivity index is 1.77. The number of hydrogen-bond acceptors (Lipinski definition) is 7. The SMILES string of the molecule is CCOC(=O)c1c(C)[nH]c(C(=O)CSc2nnc(-c3ccc(N(C)C)cc3)n2CC)c1C. The fourth-order valence-corrected chi connectivity index (χ4v) is 4.42. The number of aromatic nitrogens is 4. The lowest BCUT2D eigenvalue weighted by Crippen LogP contribution is -2.09. The summed E-state index contributed by atoms with van der Waals surface area (Å²) in [6, 6.07) is 8.12. The van der Waals surface area contributed by atoms with Crippen LogP contribution in [0.25, 0.3) is 11.4 Å². The van der Waals surface area contributed by atoms with Gasteiger partial charge in [-0.2, -0.15) is 0 Å². The molecule has 0 atom stereocenters. The second kappa shape index (κ2) is 10.0. The third kappa shape index (κ3) is 4.72. The molecule has 0 amide bonds. The van der Waals surface area contributed by atoms with Crippen molar-refractivity contribution in [3.05, 3.63) is 46.8 Å². The number of carbonyl (C=O) groups excluding carboxylic acids is 2. The van der Waals surface area contributed by atoms with E-state index >= 15 is 0 Å². The molecule has 8 nitrogen and oxygen atoms in total. The first-order valence-corrected chi connectivity index (χ1v) is 11.5. The molecule has 1 aromatic carbocycles. The molecular weight excluding hydrogens is 426 g/mol. The van der Waals surface area contributed by atoms with Gasteiger partial charge in [0.15, 0.2) is 16.8 Å². The van der Waals surface area contributed by atoms with E-state index in [1.807, 2.05) is 54.8 Å². The Morgan fingerprint density at radius 2 is 1.81 bits per heavy atom. The highest BCUT2D eigenvalue weighted by atomic mass is 32.2. The quantitative estimate of drug-likeness (QED) is 0.295. The molecule has 0 saturated heterocycles. The highest BCUT2D eigenvalue weighted by Crippen LogP contribution is 2.27. The molecule has 0 bridgehead atoms. The summed E-state index contributed by atoms with van der Waals surface area (Å²) in [6.45, 7) is 8.28. The van der Waals surface area contributed by atoms with Crippen molar-refractivity contribution in [1.82, 2.24) is 19.7 Å². The molecule has 0 radical (unpaired) electrons. The number of ether oxygens (including phenoxy) is 1. The third-order valence-electron chi connectivity index (χ3n) is 5.20. The average molecular weight is 456 g/mol. The smallest absolute Gasteiger partial charge is 0.340 e. The lowest BCUT2D eigenvalue weighted by molar-refractivity contribution is 0.0525. The van der Waals surface area contributed by atoms with Gasteiger partial charge in [-0.3, -0.25) is 4.79 Å². The van der Waals surface area contributed by atoms with Crippen LogP contribution < -0.4 is 4.90 Å². The first-order chi connectivity index (χ1) is 15.3. The van der Waals surface area contributed by atoms with Gasteiger partial charge in [0.05, 0.1) is 23.6 Å². The second-order valence-electron chi connectivity index (χ2n) is 7.55. The minimum absolute atomic E-state index is 0.103. The van der Waals surface area contributed by atoms with Crippen LogP contribution in [0.15, 0.2) is 29.4 Å². The van der Waals surface area contributed by atoms with Crippen molar-refractivity contribution in [2.75, 3.05) is 31.4 Å². The number of nitrogens with zero attached hydrogens (tertiary/aromatic N) is 4. The molecule has 9 heteroatoms. The number of rotatable bonds is 9. The van der Waals surface area contributed by atoms with Crippen LogP contribution >= 0.6 is 11.8 Å². The number of thioether (sulfide) groups is 1. The number of carbonyl (C=O) groups is 2. The van der Waals surface area contributed by atoms with Crippen molar-refractivity contribution in [3.8, 4) is 11.4 Å². The van der Waals surface area contributed by atoms with E-state index in [2.05, 4.69) is 15.2 Å². The van der Waals surface area contributed by atoms with Gasteiger partial charge in [-0.05, 0) is 57.5 Å². The second-order valence-corrected chi connectivity index (χ2v) is 8.49. The van der Waals surface area contributed by atoms with E-state index in [0.717, 1.165) is 17.1 Å². The lowest BCUT2D eigenvalue weighted by atomic mass is 10.1. The highest BCUT2D eigenvalue weighted by Gasteiger charge is 2.23. The van der Waals surface area contributed by atoms with Crippen molar-refractivity contribution >= 4 is 29.2 Å². The standard InChI is InChI=1S/C23H29N5O3S/c1-7-28-21(16-9-11-17(12-10-16)27(5)6)25-26-23(28)32-13-18(29)20-14(3)19(15(4)24-20)22(30)31-8-2/h9-12,24H,7-8,13H2,1-6H3. The monoisotopic (exact) mass is 455 g/mol. The fourth-order valence-electron chi connectivity index (χ4n) is 3.54. The van der Waals surface area contributed by atoms with E-state index in [1.165, 1.54) is 11.8 Å². The summed E-state index contributed by atoms with van der Waals surface area (Å²) in [5, 5.41) is 9.35. The number of nitrogens with one attached hydrogen (secondary N) is 1. The number of aryl methyl sites for hydroxylation is 1.